The van der Waals surface area contributed by atoms with E-state index >= 15 is 0 Å². The van der Waals surface area contributed by atoms with E-state index in [1.165, 1.54) is 0 Å². The van der Waals surface area contributed by atoms with E-state index in [-0.39, 0.29) is 24.3 Å². The number of nitrogens with one attached hydrogen (secondary N) is 2. The summed E-state index contributed by atoms with van der Waals surface area (Å²) in [5.74, 6) is -0.302. The monoisotopic (exact) mass is 479 g/mol. The van der Waals surface area contributed by atoms with Crippen molar-refractivity contribution < 1.29 is 19.1 Å². The van der Waals surface area contributed by atoms with Crippen molar-refractivity contribution >= 4 is 29.1 Å². The summed E-state index contributed by atoms with van der Waals surface area (Å²) in [7, 11) is 0. The fourth-order valence-electron chi connectivity index (χ4n) is 4.31. The molecule has 186 valence electrons. The molecule has 0 radical (unpaired) electrons. The van der Waals surface area contributed by atoms with Crippen molar-refractivity contribution in [3.8, 4) is 0 Å². The summed E-state index contributed by atoms with van der Waals surface area (Å²) in [6.07, 6.45) is 0. The van der Waals surface area contributed by atoms with E-state index < -0.39 is 0 Å². The van der Waals surface area contributed by atoms with Crippen LogP contribution < -0.4 is 10.6 Å². The minimum Gasteiger partial charge on any atom is -0.378 e. The Balaban J connectivity index is 1.25. The van der Waals surface area contributed by atoms with Crippen molar-refractivity contribution in [3.05, 3.63) is 59.7 Å². The number of anilines is 2. The van der Waals surface area contributed by atoms with Crippen LogP contribution in [-0.2, 0) is 14.3 Å². The minimum atomic E-state index is -0.273. The highest BCUT2D eigenvalue weighted by molar-refractivity contribution is 6.10. The van der Waals surface area contributed by atoms with Gasteiger partial charge < -0.3 is 20.3 Å². The number of morpholine rings is 1. The number of rotatable bonds is 7. The molecule has 9 nitrogen and oxygen atoms in total. The molecule has 0 spiro atoms. The van der Waals surface area contributed by atoms with E-state index in [4.69, 9.17) is 4.74 Å². The van der Waals surface area contributed by atoms with Crippen molar-refractivity contribution in [2.45, 2.75) is 6.92 Å². The maximum Gasteiger partial charge on any atom is 0.257 e. The van der Waals surface area contributed by atoms with Crippen molar-refractivity contribution in [2.75, 3.05) is 76.2 Å². The minimum absolute atomic E-state index is 0.139. The molecule has 3 amide bonds. The Kier molecular flexibility index (Phi) is 8.46. The third-order valence-corrected chi connectivity index (χ3v) is 6.28. The van der Waals surface area contributed by atoms with Crippen molar-refractivity contribution in [3.63, 3.8) is 0 Å². The van der Waals surface area contributed by atoms with Crippen LogP contribution in [0.3, 0.4) is 0 Å². The Labute approximate surface area is 206 Å². The largest absolute Gasteiger partial charge is 0.378 e. The average molecular weight is 480 g/mol. The number of para-hydroxylation sites is 1. The van der Waals surface area contributed by atoms with E-state index in [1.54, 1.807) is 24.3 Å². The van der Waals surface area contributed by atoms with Crippen LogP contribution in [0.25, 0.3) is 0 Å². The molecule has 0 atom stereocenters. The zero-order chi connectivity index (χ0) is 24.6. The van der Waals surface area contributed by atoms with E-state index in [0.29, 0.717) is 62.9 Å². The van der Waals surface area contributed by atoms with Crippen molar-refractivity contribution in [2.24, 2.45) is 0 Å². The number of nitrogens with zero attached hydrogens (tertiary/aromatic N) is 3. The first-order valence-corrected chi connectivity index (χ1v) is 12.0. The lowest BCUT2D eigenvalue weighted by molar-refractivity contribution is -0.137. The van der Waals surface area contributed by atoms with Gasteiger partial charge in [0.2, 0.25) is 11.8 Å². The summed E-state index contributed by atoms with van der Waals surface area (Å²) >= 11 is 0. The molecule has 2 aromatic rings. The second-order valence-corrected chi connectivity index (χ2v) is 8.96. The highest BCUT2D eigenvalue weighted by atomic mass is 16.5. The molecule has 0 aliphatic carbocycles. The van der Waals surface area contributed by atoms with Crippen molar-refractivity contribution in [1.29, 1.82) is 0 Å². The summed E-state index contributed by atoms with van der Waals surface area (Å²) in [5.41, 5.74) is 2.65. The molecule has 2 aliphatic heterocycles. The molecule has 0 saturated carbocycles. The first kappa shape index (κ1) is 24.8. The molecule has 4 rings (SSSR count). The van der Waals surface area contributed by atoms with Crippen LogP contribution in [-0.4, -0.2) is 98.0 Å². The van der Waals surface area contributed by atoms with E-state index in [0.717, 1.165) is 18.7 Å². The molecule has 2 N–H and O–H groups in total. The van der Waals surface area contributed by atoms with Gasteiger partial charge in [-0.25, -0.2) is 0 Å². The molecular weight excluding hydrogens is 446 g/mol. The van der Waals surface area contributed by atoms with Gasteiger partial charge in [-0.05, 0) is 36.8 Å². The number of benzene rings is 2. The van der Waals surface area contributed by atoms with Gasteiger partial charge in [-0.3, -0.25) is 24.2 Å². The molecule has 2 heterocycles. The normalized spacial score (nSPS) is 17.1. The molecule has 0 bridgehead atoms. The van der Waals surface area contributed by atoms with Gasteiger partial charge >= 0.3 is 0 Å². The van der Waals surface area contributed by atoms with Crippen LogP contribution in [0.2, 0.25) is 0 Å². The van der Waals surface area contributed by atoms with E-state index in [9.17, 15) is 14.4 Å². The number of hydrogen-bond donors (Lipinski definition) is 2. The van der Waals surface area contributed by atoms with Gasteiger partial charge in [0.1, 0.15) is 0 Å². The number of piperazine rings is 1. The van der Waals surface area contributed by atoms with Gasteiger partial charge in [0.05, 0.1) is 37.6 Å². The van der Waals surface area contributed by atoms with Crippen molar-refractivity contribution in [1.82, 2.24) is 14.7 Å². The Bertz CT molecular complexity index is 1050. The summed E-state index contributed by atoms with van der Waals surface area (Å²) in [4.78, 5) is 44.1. The van der Waals surface area contributed by atoms with Gasteiger partial charge in [-0.15, -0.1) is 0 Å². The predicted octanol–water partition coefficient (Wildman–Crippen LogP) is 1.66. The Morgan fingerprint density at radius 3 is 2.23 bits per heavy atom. The number of amides is 3. The fraction of sp³-hybridized carbons (Fsp3) is 0.423. The van der Waals surface area contributed by atoms with Gasteiger partial charge in [-0.2, -0.15) is 0 Å². The fourth-order valence-corrected chi connectivity index (χ4v) is 4.31. The maximum atomic E-state index is 12.8. The SMILES string of the molecule is Cc1cccc(NC(=O)c2ccccc2NC(=O)CN2CCN(CC(=O)N3CCOCC3)CC2)c1. The molecular formula is C26H33N5O4. The van der Waals surface area contributed by atoms with Crippen LogP contribution >= 0.6 is 0 Å². The smallest absolute Gasteiger partial charge is 0.257 e. The molecule has 2 aliphatic rings. The Morgan fingerprint density at radius 1 is 0.829 bits per heavy atom. The van der Waals surface area contributed by atoms with Crippen LogP contribution in [0.5, 0.6) is 0 Å². The molecule has 2 saturated heterocycles. The van der Waals surface area contributed by atoms with Crippen LogP contribution in [0.1, 0.15) is 15.9 Å². The summed E-state index contributed by atoms with van der Waals surface area (Å²) in [5, 5.41) is 5.79. The zero-order valence-electron chi connectivity index (χ0n) is 20.2. The van der Waals surface area contributed by atoms with Gasteiger partial charge in [-0.1, -0.05) is 24.3 Å². The second kappa shape index (κ2) is 11.9. The molecule has 0 aromatic heterocycles. The third kappa shape index (κ3) is 7.11. The number of carbonyl (C=O) groups is 3. The first-order chi connectivity index (χ1) is 17.0. The topological polar surface area (TPSA) is 94.2 Å². The third-order valence-electron chi connectivity index (χ3n) is 6.28. The quantitative estimate of drug-likeness (QED) is 0.628. The lowest BCUT2D eigenvalue weighted by atomic mass is 10.1. The first-order valence-electron chi connectivity index (χ1n) is 12.0. The van der Waals surface area contributed by atoms with Crippen LogP contribution in [0.15, 0.2) is 48.5 Å². The standard InChI is InChI=1S/C26H33N5O4/c1-20-5-4-6-21(17-20)27-26(34)22-7-2-3-8-23(22)28-24(32)18-29-9-11-30(12-10-29)19-25(33)31-13-15-35-16-14-31/h2-8,17H,9-16,18-19H2,1H3,(H,27,34)(H,28,32). The Hall–Kier alpha value is -3.27. The lowest BCUT2D eigenvalue weighted by Crippen LogP contribution is -2.52. The lowest BCUT2D eigenvalue weighted by Gasteiger charge is -2.35. The van der Waals surface area contributed by atoms with E-state index in [1.807, 2.05) is 36.1 Å². The highest BCUT2D eigenvalue weighted by Gasteiger charge is 2.24. The number of ether oxygens (including phenoxy) is 1. The van der Waals surface area contributed by atoms with Gasteiger partial charge in [0, 0.05) is 45.0 Å². The molecule has 0 unspecified atom stereocenters. The summed E-state index contributed by atoms with van der Waals surface area (Å²) < 4.78 is 5.31. The molecule has 9 heteroatoms. The molecule has 35 heavy (non-hydrogen) atoms. The average Bonchev–Trinajstić information content (AvgIpc) is 2.86. The molecule has 2 aromatic carbocycles. The van der Waals surface area contributed by atoms with Gasteiger partial charge in [0.25, 0.3) is 5.91 Å². The predicted molar refractivity (Wildman–Crippen MR) is 134 cm³/mol. The second-order valence-electron chi connectivity index (χ2n) is 8.96. The summed E-state index contributed by atoms with van der Waals surface area (Å²) in [6.45, 7) is 8.01. The van der Waals surface area contributed by atoms with Gasteiger partial charge in [0.15, 0.2) is 0 Å². The maximum absolute atomic E-state index is 12.8. The van der Waals surface area contributed by atoms with Crippen LogP contribution in [0, 0.1) is 6.92 Å². The van der Waals surface area contributed by atoms with Crippen LogP contribution in [0.4, 0.5) is 11.4 Å². The Morgan fingerprint density at radius 2 is 1.51 bits per heavy atom. The summed E-state index contributed by atoms with van der Waals surface area (Å²) in [6, 6.07) is 14.6. The zero-order valence-corrected chi connectivity index (χ0v) is 20.2. The number of carbonyl (C=O) groups excluding carboxylic acids is 3. The van der Waals surface area contributed by atoms with E-state index in [2.05, 4.69) is 20.4 Å². The highest BCUT2D eigenvalue weighted by Crippen LogP contribution is 2.18. The number of hydrogen-bond acceptors (Lipinski definition) is 6. The number of aryl methyl sites for hydroxylation is 1. The molecule has 2 fully saturated rings.